The highest BCUT2D eigenvalue weighted by molar-refractivity contribution is 7.13. The van der Waals surface area contributed by atoms with Crippen LogP contribution in [0.5, 0.6) is 0 Å². The molecule has 3 heterocycles. The zero-order valence-electron chi connectivity index (χ0n) is 10.3. The number of rotatable bonds is 3. The van der Waals surface area contributed by atoms with Crippen LogP contribution in [0.1, 0.15) is 12.1 Å². The lowest BCUT2D eigenvalue weighted by Gasteiger charge is -2.12. The van der Waals surface area contributed by atoms with Gasteiger partial charge in [0.1, 0.15) is 0 Å². The van der Waals surface area contributed by atoms with Crippen LogP contribution in [0.25, 0.3) is 10.8 Å². The second kappa shape index (κ2) is 7.26. The fourth-order valence-corrected chi connectivity index (χ4v) is 2.91. The summed E-state index contributed by atoms with van der Waals surface area (Å²) in [6, 6.07) is 4.16. The predicted octanol–water partition coefficient (Wildman–Crippen LogP) is 2.78. The van der Waals surface area contributed by atoms with Crippen LogP contribution < -0.4 is 5.73 Å². The molecule has 2 N–H and O–H groups in total. The molecule has 0 spiro atoms. The standard InChI is InChI=1S/C12H15N3OS.2ClH/c13-9-3-4-15(6-9)7-10-8-17-12(14-10)11-2-1-5-16-11;;/h1-2,5,8-9H,3-4,6-7,13H2;2*1H. The average molecular weight is 322 g/mol. The molecule has 2 aromatic rings. The monoisotopic (exact) mass is 321 g/mol. The van der Waals surface area contributed by atoms with Crippen molar-refractivity contribution in [2.24, 2.45) is 5.73 Å². The Bertz CT molecular complexity index is 489. The van der Waals surface area contributed by atoms with Crippen molar-refractivity contribution in [3.05, 3.63) is 29.5 Å². The van der Waals surface area contributed by atoms with E-state index in [0.717, 1.165) is 42.5 Å². The number of aromatic nitrogens is 1. The van der Waals surface area contributed by atoms with Gasteiger partial charge in [-0.15, -0.1) is 36.2 Å². The third kappa shape index (κ3) is 3.94. The molecule has 1 atom stereocenters. The van der Waals surface area contributed by atoms with Gasteiger partial charge >= 0.3 is 0 Å². The number of thiazole rings is 1. The van der Waals surface area contributed by atoms with Gasteiger partial charge in [-0.25, -0.2) is 4.98 Å². The van der Waals surface area contributed by atoms with Crippen molar-refractivity contribution in [2.45, 2.75) is 19.0 Å². The van der Waals surface area contributed by atoms with Gasteiger partial charge in [-0.2, -0.15) is 0 Å². The van der Waals surface area contributed by atoms with E-state index in [0.29, 0.717) is 6.04 Å². The van der Waals surface area contributed by atoms with Crippen LogP contribution in [0, 0.1) is 0 Å². The molecule has 1 unspecified atom stereocenters. The Balaban J connectivity index is 0.000000902. The van der Waals surface area contributed by atoms with E-state index in [1.165, 1.54) is 0 Å². The summed E-state index contributed by atoms with van der Waals surface area (Å²) in [6.45, 7) is 2.95. The first kappa shape index (κ1) is 16.5. The molecule has 0 aromatic carbocycles. The molecule has 1 aliphatic rings. The summed E-state index contributed by atoms with van der Waals surface area (Å²) in [5.41, 5.74) is 6.99. The van der Waals surface area contributed by atoms with Crippen molar-refractivity contribution in [3.8, 4) is 10.8 Å². The fraction of sp³-hybridized carbons (Fsp3) is 0.417. The molecule has 0 radical (unpaired) electrons. The summed E-state index contributed by atoms with van der Waals surface area (Å²) in [7, 11) is 0. The summed E-state index contributed by atoms with van der Waals surface area (Å²) in [4.78, 5) is 6.94. The van der Waals surface area contributed by atoms with Gasteiger partial charge in [-0.3, -0.25) is 4.90 Å². The van der Waals surface area contributed by atoms with E-state index in [1.54, 1.807) is 17.6 Å². The first-order valence-electron chi connectivity index (χ1n) is 5.77. The number of nitrogens with two attached hydrogens (primary N) is 1. The van der Waals surface area contributed by atoms with Crippen molar-refractivity contribution >= 4 is 36.2 Å². The number of furan rings is 1. The molecule has 106 valence electrons. The van der Waals surface area contributed by atoms with Crippen molar-refractivity contribution in [2.75, 3.05) is 13.1 Å². The number of halogens is 2. The number of likely N-dealkylation sites (tertiary alicyclic amines) is 1. The van der Waals surface area contributed by atoms with E-state index in [2.05, 4.69) is 15.3 Å². The third-order valence-electron chi connectivity index (χ3n) is 2.98. The Morgan fingerprint density at radius 2 is 2.32 bits per heavy atom. The molecule has 4 nitrogen and oxygen atoms in total. The Morgan fingerprint density at radius 1 is 1.47 bits per heavy atom. The number of hydrogen-bond acceptors (Lipinski definition) is 5. The summed E-state index contributed by atoms with van der Waals surface area (Å²) < 4.78 is 5.33. The second-order valence-electron chi connectivity index (χ2n) is 4.41. The summed E-state index contributed by atoms with van der Waals surface area (Å²) in [5.74, 6) is 0.847. The minimum absolute atomic E-state index is 0. The maximum atomic E-state index is 5.89. The minimum Gasteiger partial charge on any atom is -0.462 e. The summed E-state index contributed by atoms with van der Waals surface area (Å²) >= 11 is 1.63. The van der Waals surface area contributed by atoms with Crippen molar-refractivity contribution in [3.63, 3.8) is 0 Å². The lowest BCUT2D eigenvalue weighted by molar-refractivity contribution is 0.323. The van der Waals surface area contributed by atoms with Crippen LogP contribution >= 0.6 is 36.2 Å². The highest BCUT2D eigenvalue weighted by atomic mass is 35.5. The van der Waals surface area contributed by atoms with Crippen LogP contribution in [0.15, 0.2) is 28.2 Å². The van der Waals surface area contributed by atoms with Gasteiger partial charge in [0, 0.05) is 31.1 Å². The van der Waals surface area contributed by atoms with Gasteiger partial charge in [-0.1, -0.05) is 0 Å². The van der Waals surface area contributed by atoms with E-state index >= 15 is 0 Å². The highest BCUT2D eigenvalue weighted by Gasteiger charge is 2.20. The Labute approximate surface area is 128 Å². The first-order valence-corrected chi connectivity index (χ1v) is 6.65. The van der Waals surface area contributed by atoms with Gasteiger partial charge in [0.25, 0.3) is 0 Å². The fourth-order valence-electron chi connectivity index (χ4n) is 2.13. The topological polar surface area (TPSA) is 55.3 Å². The summed E-state index contributed by atoms with van der Waals surface area (Å²) in [5, 5.41) is 3.05. The van der Waals surface area contributed by atoms with Crippen LogP contribution in [0.2, 0.25) is 0 Å². The molecular weight excluding hydrogens is 305 g/mol. The predicted molar refractivity (Wildman–Crippen MR) is 82.2 cm³/mol. The maximum Gasteiger partial charge on any atom is 0.162 e. The SMILES string of the molecule is Cl.Cl.NC1CCN(Cc2csc(-c3ccco3)n2)C1. The Morgan fingerprint density at radius 3 is 2.95 bits per heavy atom. The molecule has 7 heteroatoms. The molecular formula is C12H17Cl2N3OS. The Hall–Kier alpha value is -0.590. The maximum absolute atomic E-state index is 5.89. The lowest BCUT2D eigenvalue weighted by Crippen LogP contribution is -2.26. The van der Waals surface area contributed by atoms with Crippen LogP contribution in [-0.2, 0) is 6.54 Å². The van der Waals surface area contributed by atoms with E-state index in [4.69, 9.17) is 10.2 Å². The van der Waals surface area contributed by atoms with E-state index in [-0.39, 0.29) is 24.8 Å². The van der Waals surface area contributed by atoms with Gasteiger partial charge in [0.05, 0.1) is 12.0 Å². The zero-order chi connectivity index (χ0) is 11.7. The lowest BCUT2D eigenvalue weighted by atomic mass is 10.3. The molecule has 19 heavy (non-hydrogen) atoms. The highest BCUT2D eigenvalue weighted by Crippen LogP contribution is 2.24. The second-order valence-corrected chi connectivity index (χ2v) is 5.26. The van der Waals surface area contributed by atoms with Crippen molar-refractivity contribution in [1.82, 2.24) is 9.88 Å². The molecule has 0 aliphatic carbocycles. The van der Waals surface area contributed by atoms with Gasteiger partial charge in [0.15, 0.2) is 10.8 Å². The van der Waals surface area contributed by atoms with Gasteiger partial charge in [0.2, 0.25) is 0 Å². The van der Waals surface area contributed by atoms with E-state index < -0.39 is 0 Å². The van der Waals surface area contributed by atoms with Crippen molar-refractivity contribution < 1.29 is 4.42 Å². The largest absolute Gasteiger partial charge is 0.462 e. The molecule has 0 saturated carbocycles. The minimum atomic E-state index is 0. The molecule has 1 saturated heterocycles. The molecule has 0 amide bonds. The number of hydrogen-bond donors (Lipinski definition) is 1. The molecule has 1 aliphatic heterocycles. The molecule has 0 bridgehead atoms. The number of nitrogens with zero attached hydrogens (tertiary/aromatic N) is 2. The average Bonchev–Trinajstić information content (AvgIpc) is 3.00. The quantitative estimate of drug-likeness (QED) is 0.944. The zero-order valence-corrected chi connectivity index (χ0v) is 12.8. The van der Waals surface area contributed by atoms with Gasteiger partial charge in [-0.05, 0) is 18.6 Å². The van der Waals surface area contributed by atoms with E-state index in [9.17, 15) is 0 Å². The third-order valence-corrected chi connectivity index (χ3v) is 3.88. The van der Waals surface area contributed by atoms with Crippen LogP contribution in [0.4, 0.5) is 0 Å². The van der Waals surface area contributed by atoms with Gasteiger partial charge < -0.3 is 10.2 Å². The molecule has 3 rings (SSSR count). The molecule has 2 aromatic heterocycles. The van der Waals surface area contributed by atoms with Crippen LogP contribution in [0.3, 0.4) is 0 Å². The molecule has 1 fully saturated rings. The van der Waals surface area contributed by atoms with Crippen LogP contribution in [-0.4, -0.2) is 29.0 Å². The first-order chi connectivity index (χ1) is 8.31. The Kier molecular flexibility index (Phi) is 6.29. The van der Waals surface area contributed by atoms with E-state index in [1.807, 2.05) is 12.1 Å². The smallest absolute Gasteiger partial charge is 0.162 e. The van der Waals surface area contributed by atoms with Crippen molar-refractivity contribution in [1.29, 1.82) is 0 Å². The normalized spacial score (nSPS) is 18.9. The summed E-state index contributed by atoms with van der Waals surface area (Å²) in [6.07, 6.45) is 2.77.